The lowest BCUT2D eigenvalue weighted by atomic mass is 9.98. The summed E-state index contributed by atoms with van der Waals surface area (Å²) in [5, 5.41) is 2.86. The van der Waals surface area contributed by atoms with Gasteiger partial charge in [0.2, 0.25) is 0 Å². The highest BCUT2D eigenvalue weighted by atomic mass is 16.5. The van der Waals surface area contributed by atoms with Crippen molar-refractivity contribution < 1.29 is 19.1 Å². The molecule has 0 atom stereocenters. The molecule has 5 nitrogen and oxygen atoms in total. The summed E-state index contributed by atoms with van der Waals surface area (Å²) in [7, 11) is 1.59. The molecule has 1 N–H and O–H groups in total. The highest BCUT2D eigenvalue weighted by Crippen LogP contribution is 2.27. The summed E-state index contributed by atoms with van der Waals surface area (Å²) >= 11 is 0. The van der Waals surface area contributed by atoms with E-state index in [1.807, 2.05) is 31.2 Å². The second kappa shape index (κ2) is 9.15. The van der Waals surface area contributed by atoms with Crippen LogP contribution in [-0.2, 0) is 20.9 Å². The maximum absolute atomic E-state index is 12.2. The van der Waals surface area contributed by atoms with Gasteiger partial charge in [-0.2, -0.15) is 0 Å². The van der Waals surface area contributed by atoms with Gasteiger partial charge in [0.15, 0.2) is 6.61 Å². The number of amides is 1. The zero-order valence-corrected chi connectivity index (χ0v) is 15.7. The molecule has 0 unspecified atom stereocenters. The summed E-state index contributed by atoms with van der Waals surface area (Å²) in [6.07, 6.45) is 0. The Balaban J connectivity index is 1.99. The predicted molar refractivity (Wildman–Crippen MR) is 101 cm³/mol. The van der Waals surface area contributed by atoms with Gasteiger partial charge in [-0.3, -0.25) is 4.79 Å². The van der Waals surface area contributed by atoms with E-state index in [-0.39, 0.29) is 18.4 Å². The van der Waals surface area contributed by atoms with E-state index in [9.17, 15) is 9.59 Å². The number of anilines is 1. The second-order valence-corrected chi connectivity index (χ2v) is 6.45. The number of hydrogen-bond acceptors (Lipinski definition) is 4. The zero-order chi connectivity index (χ0) is 19.1. The minimum absolute atomic E-state index is 0.274. The fraction of sp³-hybridized carbons (Fsp3) is 0.333. The summed E-state index contributed by atoms with van der Waals surface area (Å²) < 4.78 is 10.2. The van der Waals surface area contributed by atoms with E-state index in [2.05, 4.69) is 19.2 Å². The van der Waals surface area contributed by atoms with Crippen LogP contribution in [0.3, 0.4) is 0 Å². The molecule has 0 spiro atoms. The van der Waals surface area contributed by atoms with Crippen molar-refractivity contribution in [3.63, 3.8) is 0 Å². The third kappa shape index (κ3) is 5.17. The number of carbonyl (C=O) groups excluding carboxylic acids is 2. The summed E-state index contributed by atoms with van der Waals surface area (Å²) in [6, 6.07) is 12.9. The first kappa shape index (κ1) is 19.7. The standard InChI is InChI=1S/C21H25NO4/c1-14(2)18-10-5-7-15(3)20(18)22-19(23)13-26-21(24)17-9-6-8-16(11-17)12-25-4/h5-11,14H,12-13H2,1-4H3,(H,22,23). The van der Waals surface area contributed by atoms with Gasteiger partial charge in [-0.25, -0.2) is 4.79 Å². The number of ether oxygens (including phenoxy) is 2. The van der Waals surface area contributed by atoms with Crippen molar-refractivity contribution in [2.75, 3.05) is 19.0 Å². The number of nitrogens with one attached hydrogen (secondary N) is 1. The number of para-hydroxylation sites is 1. The van der Waals surface area contributed by atoms with E-state index in [0.29, 0.717) is 12.2 Å². The van der Waals surface area contributed by atoms with Gasteiger partial charge in [-0.05, 0) is 41.7 Å². The highest BCUT2D eigenvalue weighted by molar-refractivity contribution is 5.96. The molecule has 1 amide bonds. The molecule has 0 heterocycles. The van der Waals surface area contributed by atoms with Crippen LogP contribution in [0.5, 0.6) is 0 Å². The Bertz CT molecular complexity index is 783. The maximum Gasteiger partial charge on any atom is 0.338 e. The molecule has 26 heavy (non-hydrogen) atoms. The molecule has 0 saturated heterocycles. The highest BCUT2D eigenvalue weighted by Gasteiger charge is 2.14. The minimum atomic E-state index is -0.535. The molecule has 0 aliphatic heterocycles. The molecule has 0 fully saturated rings. The van der Waals surface area contributed by atoms with Crippen LogP contribution in [0.25, 0.3) is 0 Å². The van der Waals surface area contributed by atoms with Crippen molar-refractivity contribution >= 4 is 17.6 Å². The average Bonchev–Trinajstić information content (AvgIpc) is 2.61. The molecule has 0 saturated carbocycles. The molecule has 2 aromatic rings. The second-order valence-electron chi connectivity index (χ2n) is 6.45. The number of methoxy groups -OCH3 is 1. The van der Waals surface area contributed by atoms with E-state index >= 15 is 0 Å². The van der Waals surface area contributed by atoms with Crippen LogP contribution >= 0.6 is 0 Å². The van der Waals surface area contributed by atoms with Gasteiger partial charge in [0.1, 0.15) is 0 Å². The monoisotopic (exact) mass is 355 g/mol. The van der Waals surface area contributed by atoms with Gasteiger partial charge in [0.25, 0.3) is 5.91 Å². The lowest BCUT2D eigenvalue weighted by Crippen LogP contribution is -2.22. The third-order valence-corrected chi connectivity index (χ3v) is 4.00. The number of carbonyl (C=O) groups is 2. The number of benzene rings is 2. The Kier molecular flexibility index (Phi) is 6.92. The van der Waals surface area contributed by atoms with Crippen LogP contribution in [0.15, 0.2) is 42.5 Å². The molecule has 0 aromatic heterocycles. The Hall–Kier alpha value is -2.66. The molecule has 0 bridgehead atoms. The summed E-state index contributed by atoms with van der Waals surface area (Å²) in [5.74, 6) is -0.620. The topological polar surface area (TPSA) is 64.6 Å². The largest absolute Gasteiger partial charge is 0.452 e. The quantitative estimate of drug-likeness (QED) is 0.761. The van der Waals surface area contributed by atoms with Crippen molar-refractivity contribution in [2.45, 2.75) is 33.3 Å². The number of rotatable bonds is 7. The van der Waals surface area contributed by atoms with Crippen LogP contribution in [0.1, 0.15) is 46.8 Å². The lowest BCUT2D eigenvalue weighted by molar-refractivity contribution is -0.119. The molecular formula is C21H25NO4. The van der Waals surface area contributed by atoms with E-state index in [1.165, 1.54) is 0 Å². The SMILES string of the molecule is COCc1cccc(C(=O)OCC(=O)Nc2c(C)cccc2C(C)C)c1. The molecule has 5 heteroatoms. The van der Waals surface area contributed by atoms with Crippen LogP contribution < -0.4 is 5.32 Å². The summed E-state index contributed by atoms with van der Waals surface area (Å²) in [5.41, 5.74) is 4.07. The minimum Gasteiger partial charge on any atom is -0.452 e. The van der Waals surface area contributed by atoms with Crippen molar-refractivity contribution in [1.29, 1.82) is 0 Å². The zero-order valence-electron chi connectivity index (χ0n) is 15.7. The first-order valence-electron chi connectivity index (χ1n) is 8.56. The smallest absolute Gasteiger partial charge is 0.338 e. The Morgan fingerprint density at radius 1 is 1.12 bits per heavy atom. The van der Waals surface area contributed by atoms with Crippen molar-refractivity contribution in [3.8, 4) is 0 Å². The van der Waals surface area contributed by atoms with E-state index in [1.54, 1.807) is 25.3 Å². The van der Waals surface area contributed by atoms with Gasteiger partial charge in [-0.15, -0.1) is 0 Å². The van der Waals surface area contributed by atoms with Gasteiger partial charge in [0, 0.05) is 12.8 Å². The maximum atomic E-state index is 12.2. The van der Waals surface area contributed by atoms with Crippen LogP contribution in [-0.4, -0.2) is 25.6 Å². The summed E-state index contributed by atoms with van der Waals surface area (Å²) in [4.78, 5) is 24.4. The number of esters is 1. The van der Waals surface area contributed by atoms with Crippen LogP contribution in [0.4, 0.5) is 5.69 Å². The fourth-order valence-electron chi connectivity index (χ4n) is 2.69. The fourth-order valence-corrected chi connectivity index (χ4v) is 2.69. The predicted octanol–water partition coefficient (Wildman–Crippen LogP) is 4.06. The van der Waals surface area contributed by atoms with Crippen LogP contribution in [0.2, 0.25) is 0 Å². The Labute approximate surface area is 154 Å². The van der Waals surface area contributed by atoms with Crippen molar-refractivity contribution in [2.24, 2.45) is 0 Å². The molecule has 138 valence electrons. The third-order valence-electron chi connectivity index (χ3n) is 4.00. The van der Waals surface area contributed by atoms with Crippen molar-refractivity contribution in [1.82, 2.24) is 0 Å². The Morgan fingerprint density at radius 2 is 1.85 bits per heavy atom. The van der Waals surface area contributed by atoms with Crippen LogP contribution in [0, 0.1) is 6.92 Å². The Morgan fingerprint density at radius 3 is 2.54 bits per heavy atom. The van der Waals surface area contributed by atoms with Gasteiger partial charge in [0.05, 0.1) is 12.2 Å². The van der Waals surface area contributed by atoms with E-state index < -0.39 is 5.97 Å². The first-order chi connectivity index (χ1) is 12.4. The number of aryl methyl sites for hydroxylation is 1. The van der Waals surface area contributed by atoms with E-state index in [0.717, 1.165) is 22.4 Å². The van der Waals surface area contributed by atoms with Gasteiger partial charge >= 0.3 is 5.97 Å². The number of hydrogen-bond donors (Lipinski definition) is 1. The average molecular weight is 355 g/mol. The first-order valence-corrected chi connectivity index (χ1v) is 8.56. The van der Waals surface area contributed by atoms with Crippen molar-refractivity contribution in [3.05, 3.63) is 64.7 Å². The molecular weight excluding hydrogens is 330 g/mol. The molecule has 0 aliphatic carbocycles. The molecule has 2 rings (SSSR count). The van der Waals surface area contributed by atoms with E-state index in [4.69, 9.17) is 9.47 Å². The normalized spacial score (nSPS) is 10.7. The molecule has 0 aliphatic rings. The molecule has 2 aromatic carbocycles. The lowest BCUT2D eigenvalue weighted by Gasteiger charge is -2.16. The van der Waals surface area contributed by atoms with Gasteiger partial charge in [-0.1, -0.05) is 44.2 Å². The van der Waals surface area contributed by atoms with Gasteiger partial charge < -0.3 is 14.8 Å². The molecule has 0 radical (unpaired) electrons. The summed E-state index contributed by atoms with van der Waals surface area (Å²) in [6.45, 7) is 6.15.